The number of ether oxygens (including phenoxy) is 1. The van der Waals surface area contributed by atoms with Crippen molar-refractivity contribution in [3.63, 3.8) is 0 Å². The molecular formula is C14H16BrN3O2. The minimum Gasteiger partial charge on any atom is -0.496 e. The summed E-state index contributed by atoms with van der Waals surface area (Å²) in [5.41, 5.74) is 2.07. The molecule has 0 atom stereocenters. The zero-order valence-corrected chi connectivity index (χ0v) is 13.2. The van der Waals surface area contributed by atoms with Crippen LogP contribution in [-0.2, 0) is 13.5 Å². The molecule has 0 bridgehead atoms. The molecule has 0 aliphatic heterocycles. The van der Waals surface area contributed by atoms with Gasteiger partial charge in [-0.15, -0.1) is 0 Å². The molecule has 1 aromatic carbocycles. The highest BCUT2D eigenvalue weighted by Crippen LogP contribution is 2.25. The molecule has 1 N–H and O–H groups in total. The van der Waals surface area contributed by atoms with Crippen LogP contribution < -0.4 is 10.1 Å². The third-order valence-electron chi connectivity index (χ3n) is 2.90. The zero-order valence-electron chi connectivity index (χ0n) is 11.6. The van der Waals surface area contributed by atoms with E-state index in [4.69, 9.17) is 4.74 Å². The lowest BCUT2D eigenvalue weighted by molar-refractivity contribution is 0.102. The number of hydrogen-bond acceptors (Lipinski definition) is 3. The predicted molar refractivity (Wildman–Crippen MR) is 81.2 cm³/mol. The normalized spacial score (nSPS) is 10.4. The van der Waals surface area contributed by atoms with Crippen LogP contribution in [0.25, 0.3) is 0 Å². The average Bonchev–Trinajstić information content (AvgIpc) is 2.78. The first kappa shape index (κ1) is 14.6. The molecule has 0 saturated carbocycles. The third-order valence-corrected chi connectivity index (χ3v) is 3.39. The molecule has 1 amide bonds. The number of hydrogen-bond donors (Lipinski definition) is 1. The number of benzene rings is 1. The summed E-state index contributed by atoms with van der Waals surface area (Å²) in [6.07, 6.45) is 2.55. The van der Waals surface area contributed by atoms with E-state index in [0.717, 1.165) is 22.3 Å². The average molecular weight is 338 g/mol. The smallest absolute Gasteiger partial charge is 0.259 e. The van der Waals surface area contributed by atoms with Crippen molar-refractivity contribution < 1.29 is 9.53 Å². The number of amides is 1. The first-order valence-electron chi connectivity index (χ1n) is 6.22. The monoisotopic (exact) mass is 337 g/mol. The van der Waals surface area contributed by atoms with Crippen LogP contribution in [0.1, 0.15) is 23.0 Å². The van der Waals surface area contributed by atoms with Crippen LogP contribution >= 0.6 is 15.9 Å². The number of methoxy groups -OCH3 is 1. The number of carbonyl (C=O) groups is 1. The van der Waals surface area contributed by atoms with E-state index < -0.39 is 0 Å². The zero-order chi connectivity index (χ0) is 14.7. The summed E-state index contributed by atoms with van der Waals surface area (Å²) in [6.45, 7) is 2.00. The van der Waals surface area contributed by atoms with E-state index in [-0.39, 0.29) is 5.91 Å². The van der Waals surface area contributed by atoms with Crippen molar-refractivity contribution in [1.29, 1.82) is 0 Å². The van der Waals surface area contributed by atoms with Crippen molar-refractivity contribution in [3.8, 4) is 5.75 Å². The van der Waals surface area contributed by atoms with E-state index in [1.54, 1.807) is 36.2 Å². The van der Waals surface area contributed by atoms with Gasteiger partial charge in [-0.2, -0.15) is 5.10 Å². The number of carbonyl (C=O) groups excluding carboxylic acids is 1. The van der Waals surface area contributed by atoms with Gasteiger partial charge >= 0.3 is 0 Å². The fourth-order valence-corrected chi connectivity index (χ4v) is 2.28. The molecule has 0 radical (unpaired) electrons. The van der Waals surface area contributed by atoms with Gasteiger partial charge in [0.2, 0.25) is 0 Å². The molecule has 1 heterocycles. The minimum atomic E-state index is -0.211. The molecule has 5 nitrogen and oxygen atoms in total. The maximum atomic E-state index is 12.3. The Kier molecular flexibility index (Phi) is 4.44. The van der Waals surface area contributed by atoms with E-state index in [1.807, 2.05) is 14.0 Å². The number of rotatable bonds is 4. The van der Waals surface area contributed by atoms with Crippen molar-refractivity contribution in [2.75, 3.05) is 12.4 Å². The van der Waals surface area contributed by atoms with Crippen LogP contribution in [0, 0.1) is 0 Å². The second-order valence-electron chi connectivity index (χ2n) is 4.32. The summed E-state index contributed by atoms with van der Waals surface area (Å²) in [6, 6.07) is 5.29. The summed E-state index contributed by atoms with van der Waals surface area (Å²) in [7, 11) is 3.37. The van der Waals surface area contributed by atoms with Gasteiger partial charge in [0.1, 0.15) is 5.75 Å². The quantitative estimate of drug-likeness (QED) is 0.932. The number of aromatic nitrogens is 2. The van der Waals surface area contributed by atoms with Crippen molar-refractivity contribution in [2.45, 2.75) is 13.3 Å². The van der Waals surface area contributed by atoms with Gasteiger partial charge in [-0.1, -0.05) is 22.9 Å². The van der Waals surface area contributed by atoms with Gasteiger partial charge in [0.25, 0.3) is 5.91 Å². The van der Waals surface area contributed by atoms with Gasteiger partial charge in [0.15, 0.2) is 0 Å². The Hall–Kier alpha value is -1.82. The summed E-state index contributed by atoms with van der Waals surface area (Å²) in [4.78, 5) is 12.3. The topological polar surface area (TPSA) is 56.2 Å². The molecule has 0 spiro atoms. The summed E-state index contributed by atoms with van der Waals surface area (Å²) in [5.74, 6) is 0.316. The predicted octanol–water partition coefficient (Wildman–Crippen LogP) is 3.01. The molecule has 20 heavy (non-hydrogen) atoms. The lowest BCUT2D eigenvalue weighted by Crippen LogP contribution is -2.13. The van der Waals surface area contributed by atoms with E-state index in [2.05, 4.69) is 26.3 Å². The molecule has 1 aromatic heterocycles. The van der Waals surface area contributed by atoms with Gasteiger partial charge in [0.05, 0.1) is 24.1 Å². The Morgan fingerprint density at radius 3 is 2.90 bits per heavy atom. The maximum Gasteiger partial charge on any atom is 0.259 e. The van der Waals surface area contributed by atoms with Gasteiger partial charge in [-0.05, 0) is 24.6 Å². The SMILES string of the molecule is CCc1nn(C)cc1NC(=O)c1ccc(Br)cc1OC. The Morgan fingerprint density at radius 2 is 2.25 bits per heavy atom. The summed E-state index contributed by atoms with van der Waals surface area (Å²) >= 11 is 3.35. The molecule has 0 saturated heterocycles. The molecule has 2 aromatic rings. The van der Waals surface area contributed by atoms with Gasteiger partial charge < -0.3 is 10.1 Å². The molecule has 6 heteroatoms. The fraction of sp³-hybridized carbons (Fsp3) is 0.286. The Bertz CT molecular complexity index is 637. The molecule has 106 valence electrons. The van der Waals surface area contributed by atoms with E-state index in [0.29, 0.717) is 11.3 Å². The van der Waals surface area contributed by atoms with Crippen LogP contribution in [0.5, 0.6) is 5.75 Å². The summed E-state index contributed by atoms with van der Waals surface area (Å²) in [5, 5.41) is 7.17. The Labute approximate surface area is 126 Å². The number of nitrogens with zero attached hydrogens (tertiary/aromatic N) is 2. The summed E-state index contributed by atoms with van der Waals surface area (Å²) < 4.78 is 7.79. The number of halogens is 1. The largest absolute Gasteiger partial charge is 0.496 e. The van der Waals surface area contributed by atoms with E-state index in [1.165, 1.54) is 0 Å². The first-order chi connectivity index (χ1) is 9.55. The molecule has 0 unspecified atom stereocenters. The van der Waals surface area contributed by atoms with Crippen LogP contribution in [0.4, 0.5) is 5.69 Å². The van der Waals surface area contributed by atoms with Crippen LogP contribution in [0.15, 0.2) is 28.9 Å². The van der Waals surface area contributed by atoms with Gasteiger partial charge in [-0.25, -0.2) is 0 Å². The fourth-order valence-electron chi connectivity index (χ4n) is 1.94. The minimum absolute atomic E-state index is 0.211. The van der Waals surface area contributed by atoms with Crippen molar-refractivity contribution in [3.05, 3.63) is 40.1 Å². The highest BCUT2D eigenvalue weighted by atomic mass is 79.9. The first-order valence-corrected chi connectivity index (χ1v) is 7.01. The third kappa shape index (κ3) is 3.01. The molecule has 0 aliphatic carbocycles. The van der Waals surface area contributed by atoms with Gasteiger partial charge in [-0.3, -0.25) is 9.48 Å². The van der Waals surface area contributed by atoms with Crippen molar-refractivity contribution >= 4 is 27.5 Å². The van der Waals surface area contributed by atoms with E-state index >= 15 is 0 Å². The highest BCUT2D eigenvalue weighted by Gasteiger charge is 2.15. The second kappa shape index (κ2) is 6.09. The van der Waals surface area contributed by atoms with Crippen molar-refractivity contribution in [2.24, 2.45) is 7.05 Å². The molecule has 0 aliphatic rings. The lowest BCUT2D eigenvalue weighted by Gasteiger charge is -2.09. The van der Waals surface area contributed by atoms with Crippen LogP contribution in [-0.4, -0.2) is 22.8 Å². The molecular weight excluding hydrogens is 322 g/mol. The molecule has 2 rings (SSSR count). The Balaban J connectivity index is 2.28. The number of aryl methyl sites for hydroxylation is 2. The van der Waals surface area contributed by atoms with E-state index in [9.17, 15) is 4.79 Å². The van der Waals surface area contributed by atoms with Crippen LogP contribution in [0.3, 0.4) is 0 Å². The number of nitrogens with one attached hydrogen (secondary N) is 1. The highest BCUT2D eigenvalue weighted by molar-refractivity contribution is 9.10. The maximum absolute atomic E-state index is 12.3. The van der Waals surface area contributed by atoms with Gasteiger partial charge in [0, 0.05) is 17.7 Å². The lowest BCUT2D eigenvalue weighted by atomic mass is 10.2. The standard InChI is InChI=1S/C14H16BrN3O2/c1-4-11-12(8-18(2)17-11)16-14(19)10-6-5-9(15)7-13(10)20-3/h5-8H,4H2,1-3H3,(H,16,19). The number of anilines is 1. The Morgan fingerprint density at radius 1 is 1.50 bits per heavy atom. The molecule has 0 fully saturated rings. The second-order valence-corrected chi connectivity index (χ2v) is 5.23. The van der Waals surface area contributed by atoms with Crippen LogP contribution in [0.2, 0.25) is 0 Å². The van der Waals surface area contributed by atoms with Crippen molar-refractivity contribution in [1.82, 2.24) is 9.78 Å².